The number of benzene rings is 1. The van der Waals surface area contributed by atoms with Gasteiger partial charge in [-0.2, -0.15) is 13.2 Å². The van der Waals surface area contributed by atoms with E-state index in [9.17, 15) is 22.4 Å². The van der Waals surface area contributed by atoms with Crippen LogP contribution in [-0.2, 0) is 11.3 Å². The lowest BCUT2D eigenvalue weighted by Gasteiger charge is -2.45. The van der Waals surface area contributed by atoms with Gasteiger partial charge in [0.15, 0.2) is 0 Å². The summed E-state index contributed by atoms with van der Waals surface area (Å²) in [6.45, 7) is -0.139. The predicted octanol–water partition coefficient (Wildman–Crippen LogP) is 3.35. The number of carbonyl (C=O) groups excluding carboxylic acids is 1. The summed E-state index contributed by atoms with van der Waals surface area (Å²) in [4.78, 5) is 11.4. The number of carbonyl (C=O) groups is 1. The van der Waals surface area contributed by atoms with E-state index in [4.69, 9.17) is 4.74 Å². The molecule has 0 aromatic heterocycles. The van der Waals surface area contributed by atoms with Gasteiger partial charge in [-0.1, -0.05) is 30.3 Å². The summed E-state index contributed by atoms with van der Waals surface area (Å²) < 4.78 is 55.9. The number of ether oxygens (including phenoxy) is 1. The molecule has 1 aliphatic rings. The zero-order valence-electron chi connectivity index (χ0n) is 10.4. The summed E-state index contributed by atoms with van der Waals surface area (Å²) >= 11 is 0. The Bertz CT molecular complexity index is 469. The van der Waals surface area contributed by atoms with Crippen molar-refractivity contribution in [1.29, 1.82) is 0 Å². The van der Waals surface area contributed by atoms with Crippen molar-refractivity contribution in [2.45, 2.75) is 37.3 Å². The zero-order valence-corrected chi connectivity index (χ0v) is 10.4. The highest BCUT2D eigenvalue weighted by atomic mass is 19.4. The molecule has 1 fully saturated rings. The van der Waals surface area contributed by atoms with Gasteiger partial charge in [0.05, 0.1) is 0 Å². The van der Waals surface area contributed by atoms with E-state index in [2.05, 4.69) is 0 Å². The Morgan fingerprint density at radius 2 is 1.90 bits per heavy atom. The molecule has 0 atom stereocenters. The lowest BCUT2D eigenvalue weighted by Crippen LogP contribution is -2.66. The maximum Gasteiger partial charge on any atom is 0.411 e. The van der Waals surface area contributed by atoms with Crippen molar-refractivity contribution in [3.63, 3.8) is 0 Å². The molecule has 0 bridgehead atoms. The van der Waals surface area contributed by atoms with E-state index in [0.717, 1.165) is 0 Å². The summed E-state index contributed by atoms with van der Waals surface area (Å²) in [5.74, 6) is 0. The minimum atomic E-state index is -4.69. The number of alkyl halides is 4. The van der Waals surface area contributed by atoms with Crippen molar-refractivity contribution >= 4 is 6.09 Å². The molecule has 2 rings (SSSR count). The first kappa shape index (κ1) is 14.6. The number of amides is 1. The second-order valence-corrected chi connectivity index (χ2v) is 4.77. The minimum absolute atomic E-state index is 0.139. The van der Waals surface area contributed by atoms with Crippen molar-refractivity contribution in [2.24, 2.45) is 0 Å². The summed E-state index contributed by atoms with van der Waals surface area (Å²) in [5.41, 5.74) is -1.85. The van der Waals surface area contributed by atoms with E-state index in [-0.39, 0.29) is 6.61 Å². The quantitative estimate of drug-likeness (QED) is 0.867. The van der Waals surface area contributed by atoms with Crippen LogP contribution in [0, 0.1) is 0 Å². The van der Waals surface area contributed by atoms with Crippen LogP contribution in [0.4, 0.5) is 22.4 Å². The number of halogens is 4. The van der Waals surface area contributed by atoms with Crippen molar-refractivity contribution in [2.75, 3.05) is 0 Å². The molecule has 0 heterocycles. The van der Waals surface area contributed by atoms with Crippen LogP contribution in [0.1, 0.15) is 18.4 Å². The van der Waals surface area contributed by atoms with Gasteiger partial charge in [-0.15, -0.1) is 0 Å². The second-order valence-electron chi connectivity index (χ2n) is 4.77. The second kappa shape index (κ2) is 5.30. The van der Waals surface area contributed by atoms with Crippen molar-refractivity contribution in [3.05, 3.63) is 35.9 Å². The first-order valence-corrected chi connectivity index (χ1v) is 6.02. The van der Waals surface area contributed by atoms with E-state index in [1.807, 2.05) is 0 Å². The molecular weight excluding hydrogens is 278 g/mol. The molecule has 1 amide bonds. The minimum Gasteiger partial charge on any atom is -0.445 e. The molecule has 110 valence electrons. The fourth-order valence-electron chi connectivity index (χ4n) is 2.06. The molecule has 0 unspecified atom stereocenters. The van der Waals surface area contributed by atoms with Crippen LogP contribution < -0.4 is 5.32 Å². The van der Waals surface area contributed by atoms with Gasteiger partial charge < -0.3 is 10.1 Å². The molecule has 0 radical (unpaired) electrons. The molecule has 0 saturated heterocycles. The topological polar surface area (TPSA) is 38.3 Å². The van der Waals surface area contributed by atoms with Gasteiger partial charge in [-0.3, -0.25) is 0 Å². The van der Waals surface area contributed by atoms with Crippen LogP contribution in [0.3, 0.4) is 0 Å². The molecule has 1 aliphatic carbocycles. The van der Waals surface area contributed by atoms with Crippen molar-refractivity contribution < 1.29 is 27.1 Å². The van der Waals surface area contributed by atoms with Gasteiger partial charge in [-0.05, 0) is 5.56 Å². The van der Waals surface area contributed by atoms with E-state index >= 15 is 0 Å². The van der Waals surface area contributed by atoms with Gasteiger partial charge >= 0.3 is 12.3 Å². The monoisotopic (exact) mass is 291 g/mol. The van der Waals surface area contributed by atoms with Gasteiger partial charge in [0.25, 0.3) is 0 Å². The van der Waals surface area contributed by atoms with Gasteiger partial charge in [0.1, 0.15) is 18.3 Å². The van der Waals surface area contributed by atoms with Crippen LogP contribution in [0.2, 0.25) is 0 Å². The number of hydrogen-bond acceptors (Lipinski definition) is 2. The number of hydrogen-bond donors (Lipinski definition) is 1. The Kier molecular flexibility index (Phi) is 3.87. The predicted molar refractivity (Wildman–Crippen MR) is 62.7 cm³/mol. The Balaban J connectivity index is 1.90. The molecule has 1 aromatic rings. The van der Waals surface area contributed by atoms with Crippen LogP contribution in [0.5, 0.6) is 0 Å². The van der Waals surface area contributed by atoms with Crippen LogP contribution in [0.25, 0.3) is 0 Å². The molecule has 20 heavy (non-hydrogen) atoms. The lowest BCUT2D eigenvalue weighted by molar-refractivity contribution is -0.229. The number of rotatable bonds is 3. The molecule has 0 aliphatic heterocycles. The van der Waals surface area contributed by atoms with E-state index in [0.29, 0.717) is 5.56 Å². The molecule has 3 nitrogen and oxygen atoms in total. The summed E-state index contributed by atoms with van der Waals surface area (Å²) in [5, 5.41) is 1.74. The number of nitrogens with one attached hydrogen (secondary N) is 1. The van der Waals surface area contributed by atoms with E-state index in [1.165, 1.54) is 0 Å². The standard InChI is InChI=1S/C13H13F4NO2/c14-10-6-12(7-10,13(15,16)17)18-11(19)20-8-9-4-2-1-3-5-9/h1-5,10H,6-8H2,(H,18,19). The number of alkyl carbamates (subject to hydrolysis) is 1. The molecule has 7 heteroatoms. The maximum atomic E-state index is 12.8. The molecule has 1 saturated carbocycles. The van der Waals surface area contributed by atoms with Crippen LogP contribution >= 0.6 is 0 Å². The average Bonchev–Trinajstić information content (AvgIpc) is 2.34. The fourth-order valence-corrected chi connectivity index (χ4v) is 2.06. The molecule has 0 spiro atoms. The molecular formula is C13H13F4NO2. The third-order valence-corrected chi connectivity index (χ3v) is 3.24. The van der Waals surface area contributed by atoms with Crippen LogP contribution in [-0.4, -0.2) is 24.0 Å². The highest BCUT2D eigenvalue weighted by molar-refractivity contribution is 5.68. The van der Waals surface area contributed by atoms with Gasteiger partial charge in [-0.25, -0.2) is 9.18 Å². The average molecular weight is 291 g/mol. The van der Waals surface area contributed by atoms with E-state index in [1.54, 1.807) is 35.6 Å². The Morgan fingerprint density at radius 3 is 2.40 bits per heavy atom. The zero-order chi connectivity index (χ0) is 14.8. The Morgan fingerprint density at radius 1 is 1.30 bits per heavy atom. The van der Waals surface area contributed by atoms with E-state index < -0.39 is 36.8 Å². The maximum absolute atomic E-state index is 12.8. The van der Waals surface area contributed by atoms with Crippen LogP contribution in [0.15, 0.2) is 30.3 Å². The lowest BCUT2D eigenvalue weighted by atomic mass is 9.74. The van der Waals surface area contributed by atoms with Crippen molar-refractivity contribution in [1.82, 2.24) is 5.32 Å². The molecule has 1 aromatic carbocycles. The van der Waals surface area contributed by atoms with Gasteiger partial charge in [0, 0.05) is 12.8 Å². The first-order chi connectivity index (χ1) is 9.32. The summed E-state index contributed by atoms with van der Waals surface area (Å²) in [6, 6.07) is 8.54. The smallest absolute Gasteiger partial charge is 0.411 e. The Labute approximate surface area is 112 Å². The third-order valence-electron chi connectivity index (χ3n) is 3.24. The fraction of sp³-hybridized carbons (Fsp3) is 0.462. The first-order valence-electron chi connectivity index (χ1n) is 6.02. The highest BCUT2D eigenvalue weighted by Crippen LogP contribution is 2.46. The summed E-state index contributed by atoms with van der Waals surface area (Å²) in [6.07, 6.45) is -8.97. The molecule has 1 N–H and O–H groups in total. The largest absolute Gasteiger partial charge is 0.445 e. The third kappa shape index (κ3) is 3.02. The Hall–Kier alpha value is -1.79. The highest BCUT2D eigenvalue weighted by Gasteiger charge is 2.63. The van der Waals surface area contributed by atoms with Crippen molar-refractivity contribution in [3.8, 4) is 0 Å². The normalized spacial score (nSPS) is 25.7. The van der Waals surface area contributed by atoms with Gasteiger partial charge in [0.2, 0.25) is 0 Å². The SMILES string of the molecule is O=C(NC1(C(F)(F)F)CC(F)C1)OCc1ccccc1. The summed E-state index contributed by atoms with van der Waals surface area (Å²) in [7, 11) is 0.